The number of carbonyl (C=O) groups is 2. The first-order chi connectivity index (χ1) is 27.1. The number of Topliss-reactive ketones (excluding diaryl/α,β-unsaturated/α-hetero) is 1. The number of ketones is 1. The van der Waals surface area contributed by atoms with Crippen molar-refractivity contribution >= 4 is 40.9 Å². The molecule has 0 aliphatic carbocycles. The maximum Gasteiger partial charge on any atom is 0.280 e. The lowest BCUT2D eigenvalue weighted by atomic mass is 10.1. The van der Waals surface area contributed by atoms with Gasteiger partial charge >= 0.3 is 0 Å². The quantitative estimate of drug-likeness (QED) is 0.0245. The number of nitrogens with one attached hydrogen (secondary N) is 3. The van der Waals surface area contributed by atoms with Crippen LogP contribution >= 0.6 is 11.6 Å². The zero-order chi connectivity index (χ0) is 39.9. The Balaban J connectivity index is 1.07. The fourth-order valence-electron chi connectivity index (χ4n) is 5.87. The Bertz CT molecular complexity index is 1950. The van der Waals surface area contributed by atoms with Crippen LogP contribution in [-0.4, -0.2) is 88.2 Å². The molecule has 4 aromatic rings. The summed E-state index contributed by atoms with van der Waals surface area (Å²) in [6.07, 6.45) is 1.76. The van der Waals surface area contributed by atoms with E-state index >= 15 is 0 Å². The van der Waals surface area contributed by atoms with Crippen LogP contribution < -0.4 is 26.8 Å². The van der Waals surface area contributed by atoms with Crippen molar-refractivity contribution in [3.05, 3.63) is 124 Å². The number of anilines is 2. The Kier molecular flexibility index (Phi) is 15.4. The molecule has 1 saturated heterocycles. The summed E-state index contributed by atoms with van der Waals surface area (Å²) in [7, 11) is 0. The van der Waals surface area contributed by atoms with Crippen LogP contribution in [0.1, 0.15) is 52.7 Å². The molecule has 16 heteroatoms. The zero-order valence-corrected chi connectivity index (χ0v) is 31.6. The maximum atomic E-state index is 12.6. The van der Waals surface area contributed by atoms with Gasteiger partial charge in [0.25, 0.3) is 5.91 Å². The molecule has 0 radical (unpaired) electrons. The van der Waals surface area contributed by atoms with Crippen LogP contribution in [-0.2, 0) is 27.1 Å². The number of aliphatic hydroxyl groups is 2. The van der Waals surface area contributed by atoms with Crippen molar-refractivity contribution in [3.63, 3.8) is 0 Å². The Labute approximate surface area is 330 Å². The number of unbranched alkanes of at least 4 members (excludes halogenated alkanes) is 1. The number of rotatable bonds is 18. The van der Waals surface area contributed by atoms with Gasteiger partial charge in [-0.2, -0.15) is 0 Å². The largest absolute Gasteiger partial charge is 0.506 e. The number of aryl methyl sites for hydroxylation is 2. The van der Waals surface area contributed by atoms with Gasteiger partial charge in [0.2, 0.25) is 17.8 Å². The molecule has 1 aliphatic heterocycles. The van der Waals surface area contributed by atoms with Gasteiger partial charge in [-0.1, -0.05) is 84.4 Å². The minimum Gasteiger partial charge on any atom is -0.506 e. The van der Waals surface area contributed by atoms with Gasteiger partial charge in [-0.15, -0.1) is 0 Å². The topological polar surface area (TPSA) is 231 Å². The van der Waals surface area contributed by atoms with Gasteiger partial charge in [-0.3, -0.25) is 25.2 Å². The molecule has 15 nitrogen and oxygen atoms in total. The number of hydrogen-bond donors (Lipinski definition) is 7. The van der Waals surface area contributed by atoms with Crippen molar-refractivity contribution in [2.24, 2.45) is 0 Å². The molecule has 2 heterocycles. The highest BCUT2D eigenvalue weighted by atomic mass is 35.5. The van der Waals surface area contributed by atoms with Crippen LogP contribution in [0.4, 0.5) is 11.6 Å². The number of nitrogens with two attached hydrogens (primary N) is 2. The molecule has 1 aromatic heterocycles. The molecule has 0 spiro atoms. The van der Waals surface area contributed by atoms with Gasteiger partial charge in [0, 0.05) is 25.2 Å². The van der Waals surface area contributed by atoms with Gasteiger partial charge in [-0.25, -0.2) is 9.97 Å². The van der Waals surface area contributed by atoms with Crippen LogP contribution in [0.15, 0.2) is 96.4 Å². The standard InChI is InChI=1S/C40H47ClN8O7/c41-35-37(43)47-36(42)32(46-35)38(53)48-40(44)45-20-8-7-12-27-16-18-29(19-17-27)54-23-22-49(21-9-13-26-10-3-1-4-11-26)24-30(50)33(52)34-31(51)25-55-39(56-34)28-14-5-2-6-15-28/h1-6,10-11,14-19,30,39,50,52H,7-9,12-13,20-25H2,(H4,42,43,47)(H3,44,45,48,53)/b34-33+/t30-,39?/m0/s1. The van der Waals surface area contributed by atoms with E-state index in [1.807, 2.05) is 65.6 Å². The summed E-state index contributed by atoms with van der Waals surface area (Å²) >= 11 is 5.83. The lowest BCUT2D eigenvalue weighted by Crippen LogP contribution is -2.41. The smallest absolute Gasteiger partial charge is 0.280 e. The van der Waals surface area contributed by atoms with Crippen LogP contribution in [0.2, 0.25) is 5.15 Å². The highest BCUT2D eigenvalue weighted by molar-refractivity contribution is 6.31. The first-order valence-electron chi connectivity index (χ1n) is 18.2. The molecular weight excluding hydrogens is 740 g/mol. The highest BCUT2D eigenvalue weighted by Gasteiger charge is 2.32. The first kappa shape index (κ1) is 41.4. The number of nitrogens with zero attached hydrogens (tertiary/aromatic N) is 3. The minimum atomic E-state index is -1.37. The maximum absolute atomic E-state index is 12.6. The van der Waals surface area contributed by atoms with Crippen molar-refractivity contribution in [1.82, 2.24) is 25.5 Å². The van der Waals surface area contributed by atoms with Crippen molar-refractivity contribution in [2.45, 2.75) is 44.5 Å². The van der Waals surface area contributed by atoms with E-state index in [1.165, 1.54) is 5.56 Å². The highest BCUT2D eigenvalue weighted by Crippen LogP contribution is 2.28. The second kappa shape index (κ2) is 20.8. The summed E-state index contributed by atoms with van der Waals surface area (Å²) in [5.74, 6) is -1.87. The zero-order valence-electron chi connectivity index (χ0n) is 30.8. The second-order valence-electron chi connectivity index (χ2n) is 13.1. The first-order valence-corrected chi connectivity index (χ1v) is 18.6. The predicted molar refractivity (Wildman–Crippen MR) is 212 cm³/mol. The van der Waals surface area contributed by atoms with Gasteiger partial charge < -0.3 is 41.2 Å². The number of hydrogen-bond acceptors (Lipinski definition) is 13. The Morgan fingerprint density at radius 1 is 0.946 bits per heavy atom. The molecule has 296 valence electrons. The van der Waals surface area contributed by atoms with Crippen molar-refractivity contribution in [1.29, 1.82) is 5.41 Å². The molecular formula is C40H47ClN8O7. The van der Waals surface area contributed by atoms with Gasteiger partial charge in [0.1, 0.15) is 25.1 Å². The predicted octanol–water partition coefficient (Wildman–Crippen LogP) is 4.33. The molecule has 5 rings (SSSR count). The normalized spacial score (nSPS) is 15.5. The fourth-order valence-corrected chi connectivity index (χ4v) is 5.99. The third-order valence-corrected chi connectivity index (χ3v) is 9.11. The number of aromatic nitrogens is 2. The number of carbonyl (C=O) groups excluding carboxylic acids is 2. The number of aliphatic hydroxyl groups excluding tert-OH is 2. The summed E-state index contributed by atoms with van der Waals surface area (Å²) in [6, 6.07) is 27.0. The fraction of sp³-hybridized carbons (Fsp3) is 0.325. The summed E-state index contributed by atoms with van der Waals surface area (Å²) in [5, 5.41) is 35.1. The summed E-state index contributed by atoms with van der Waals surface area (Å²) in [6.45, 7) is 1.63. The molecule has 2 atom stereocenters. The number of amides is 1. The Hall–Kier alpha value is -5.74. The van der Waals surface area contributed by atoms with Gasteiger partial charge in [-0.05, 0) is 61.9 Å². The van der Waals surface area contributed by atoms with Crippen molar-refractivity contribution in [2.75, 3.05) is 50.9 Å². The van der Waals surface area contributed by atoms with E-state index in [4.69, 9.17) is 42.7 Å². The number of guanidine groups is 1. The number of nitrogen functional groups attached to an aromatic ring is 2. The van der Waals surface area contributed by atoms with Crippen LogP contribution in [0, 0.1) is 5.41 Å². The SMILES string of the molecule is N=C(NCCCCc1ccc(OCCN(CCCc2ccccc2)C[C@H](O)/C(O)=C2\OC(c3ccccc3)OCC2=O)cc1)NC(=O)c1nc(Cl)c(N)nc1N. The molecule has 1 unspecified atom stereocenters. The average Bonchev–Trinajstić information content (AvgIpc) is 3.20. The average molecular weight is 787 g/mol. The van der Waals surface area contributed by atoms with Gasteiger partial charge in [0.15, 0.2) is 34.2 Å². The van der Waals surface area contributed by atoms with E-state index in [0.717, 1.165) is 37.7 Å². The molecule has 0 saturated carbocycles. The monoisotopic (exact) mass is 786 g/mol. The summed E-state index contributed by atoms with van der Waals surface area (Å²) in [5.41, 5.74) is 14.0. The molecule has 3 aromatic carbocycles. The lowest BCUT2D eigenvalue weighted by Gasteiger charge is -2.28. The summed E-state index contributed by atoms with van der Waals surface area (Å²) in [4.78, 5) is 34.6. The van der Waals surface area contributed by atoms with E-state index in [0.29, 0.717) is 37.6 Å². The molecule has 0 bridgehead atoms. The van der Waals surface area contributed by atoms with Crippen LogP contribution in [0.3, 0.4) is 0 Å². The van der Waals surface area contributed by atoms with Crippen LogP contribution in [0.5, 0.6) is 5.75 Å². The second-order valence-corrected chi connectivity index (χ2v) is 13.4. The Morgan fingerprint density at radius 3 is 2.36 bits per heavy atom. The molecule has 9 N–H and O–H groups in total. The van der Waals surface area contributed by atoms with E-state index in [1.54, 1.807) is 12.1 Å². The van der Waals surface area contributed by atoms with E-state index in [2.05, 4.69) is 32.7 Å². The Morgan fingerprint density at radius 2 is 1.62 bits per heavy atom. The van der Waals surface area contributed by atoms with Gasteiger partial charge in [0.05, 0.1) is 0 Å². The molecule has 1 aliphatic rings. The molecule has 1 fully saturated rings. The van der Waals surface area contributed by atoms with E-state index in [9.17, 15) is 19.8 Å². The number of benzene rings is 3. The van der Waals surface area contributed by atoms with E-state index in [-0.39, 0.29) is 47.4 Å². The van der Waals surface area contributed by atoms with Crippen LogP contribution in [0.25, 0.3) is 0 Å². The minimum absolute atomic E-state index is 0.0569. The molecule has 1 amide bonds. The summed E-state index contributed by atoms with van der Waals surface area (Å²) < 4.78 is 17.3. The number of halogens is 1. The molecule has 56 heavy (non-hydrogen) atoms. The lowest BCUT2D eigenvalue weighted by molar-refractivity contribution is -0.172. The van der Waals surface area contributed by atoms with E-state index < -0.39 is 29.8 Å². The van der Waals surface area contributed by atoms with Crippen molar-refractivity contribution in [3.8, 4) is 5.75 Å². The third kappa shape index (κ3) is 12.4. The number of ether oxygens (including phenoxy) is 3. The third-order valence-electron chi connectivity index (χ3n) is 8.83. The van der Waals surface area contributed by atoms with Crippen molar-refractivity contribution < 1.29 is 34.0 Å².